The van der Waals surface area contributed by atoms with E-state index >= 15 is 0 Å². The van der Waals surface area contributed by atoms with Gasteiger partial charge >= 0.3 is 0 Å². The Balaban J connectivity index is 2.26. The standard InChI is InChI=1S/C15H12N6O6/c16-19-18-11-3-4-13(20(24)25)12(6-11)15(23)17-7-9-1-2-10(8-22)14(5-9)21(26)27/h1-6,22H,7-8H2,(H,17,23). The monoisotopic (exact) mass is 372 g/mol. The molecule has 0 aromatic heterocycles. The number of nitro groups is 2. The van der Waals surface area contributed by atoms with Crippen LogP contribution in [0.15, 0.2) is 41.5 Å². The first-order valence-electron chi connectivity index (χ1n) is 7.36. The van der Waals surface area contributed by atoms with Crippen molar-refractivity contribution in [3.8, 4) is 0 Å². The molecule has 0 aliphatic heterocycles. The van der Waals surface area contributed by atoms with Gasteiger partial charge in [-0.05, 0) is 29.3 Å². The summed E-state index contributed by atoms with van der Waals surface area (Å²) in [6, 6.07) is 7.33. The summed E-state index contributed by atoms with van der Waals surface area (Å²) < 4.78 is 0. The number of hydrogen-bond donors (Lipinski definition) is 2. The van der Waals surface area contributed by atoms with Crippen molar-refractivity contribution < 1.29 is 19.7 Å². The van der Waals surface area contributed by atoms with Gasteiger partial charge in [-0.25, -0.2) is 0 Å². The third-order valence-electron chi connectivity index (χ3n) is 3.55. The van der Waals surface area contributed by atoms with Crippen LogP contribution >= 0.6 is 0 Å². The van der Waals surface area contributed by atoms with Gasteiger partial charge in [-0.2, -0.15) is 0 Å². The molecule has 1 amide bonds. The van der Waals surface area contributed by atoms with Crippen LogP contribution in [0.1, 0.15) is 21.5 Å². The van der Waals surface area contributed by atoms with E-state index in [1.165, 1.54) is 24.3 Å². The minimum absolute atomic E-state index is 0.0242. The maximum atomic E-state index is 12.3. The Labute approximate surface area is 151 Å². The Morgan fingerprint density at radius 3 is 2.44 bits per heavy atom. The van der Waals surface area contributed by atoms with Crippen molar-refractivity contribution in [3.63, 3.8) is 0 Å². The topological polar surface area (TPSA) is 184 Å². The van der Waals surface area contributed by atoms with Gasteiger partial charge in [-0.15, -0.1) is 0 Å². The lowest BCUT2D eigenvalue weighted by Gasteiger charge is -2.08. The molecule has 2 rings (SSSR count). The number of carbonyl (C=O) groups is 1. The van der Waals surface area contributed by atoms with E-state index in [0.717, 1.165) is 12.1 Å². The molecule has 138 valence electrons. The Bertz CT molecular complexity index is 969. The van der Waals surface area contributed by atoms with Crippen LogP contribution in [-0.4, -0.2) is 20.9 Å². The van der Waals surface area contributed by atoms with Gasteiger partial charge in [0, 0.05) is 29.3 Å². The van der Waals surface area contributed by atoms with Gasteiger partial charge in [0.1, 0.15) is 5.56 Å². The number of rotatable bonds is 7. The van der Waals surface area contributed by atoms with Crippen molar-refractivity contribution in [1.82, 2.24) is 5.32 Å². The van der Waals surface area contributed by atoms with Gasteiger partial charge in [-0.1, -0.05) is 11.2 Å². The second-order valence-corrected chi connectivity index (χ2v) is 5.21. The van der Waals surface area contributed by atoms with Crippen LogP contribution in [0, 0.1) is 20.2 Å². The van der Waals surface area contributed by atoms with Crippen LogP contribution < -0.4 is 5.32 Å². The van der Waals surface area contributed by atoms with Crippen LogP contribution in [0.2, 0.25) is 0 Å². The summed E-state index contributed by atoms with van der Waals surface area (Å²) in [6.07, 6.45) is 0. The predicted molar refractivity (Wildman–Crippen MR) is 92.1 cm³/mol. The van der Waals surface area contributed by atoms with E-state index in [4.69, 9.17) is 10.6 Å². The zero-order valence-electron chi connectivity index (χ0n) is 13.6. The first-order valence-corrected chi connectivity index (χ1v) is 7.36. The number of amides is 1. The van der Waals surface area contributed by atoms with E-state index < -0.39 is 28.0 Å². The van der Waals surface area contributed by atoms with Crippen LogP contribution in [0.25, 0.3) is 10.4 Å². The largest absolute Gasteiger partial charge is 0.391 e. The fraction of sp³-hybridized carbons (Fsp3) is 0.133. The number of nitro benzene ring substituents is 2. The van der Waals surface area contributed by atoms with Crippen LogP contribution in [0.4, 0.5) is 17.1 Å². The maximum absolute atomic E-state index is 12.3. The average molecular weight is 372 g/mol. The molecule has 0 heterocycles. The Morgan fingerprint density at radius 1 is 1.15 bits per heavy atom. The van der Waals surface area contributed by atoms with Crippen molar-refractivity contribution in [3.05, 3.63) is 83.8 Å². The third kappa shape index (κ3) is 4.54. The molecule has 0 saturated carbocycles. The number of benzene rings is 2. The normalized spacial score (nSPS) is 9.96. The molecule has 12 heteroatoms. The number of carbonyl (C=O) groups excluding carboxylic acids is 1. The molecular weight excluding hydrogens is 360 g/mol. The van der Waals surface area contributed by atoms with E-state index in [-0.39, 0.29) is 29.0 Å². The van der Waals surface area contributed by atoms with Crippen molar-refractivity contribution in [1.29, 1.82) is 0 Å². The summed E-state index contributed by atoms with van der Waals surface area (Å²) in [4.78, 5) is 35.5. The fourth-order valence-electron chi connectivity index (χ4n) is 2.28. The van der Waals surface area contributed by atoms with Gasteiger partial charge in [0.2, 0.25) is 0 Å². The zero-order valence-corrected chi connectivity index (χ0v) is 13.6. The minimum Gasteiger partial charge on any atom is -0.391 e. The summed E-state index contributed by atoms with van der Waals surface area (Å²) in [6.45, 7) is -0.657. The molecule has 2 N–H and O–H groups in total. The smallest absolute Gasteiger partial charge is 0.282 e. The van der Waals surface area contributed by atoms with Gasteiger partial charge in [0.05, 0.1) is 22.0 Å². The number of aliphatic hydroxyl groups excluding tert-OH is 1. The van der Waals surface area contributed by atoms with Crippen molar-refractivity contribution in [2.75, 3.05) is 0 Å². The Hall–Kier alpha value is -4.02. The highest BCUT2D eigenvalue weighted by Crippen LogP contribution is 2.25. The quantitative estimate of drug-likeness (QED) is 0.247. The molecule has 2 aromatic rings. The second-order valence-electron chi connectivity index (χ2n) is 5.21. The summed E-state index contributed by atoms with van der Waals surface area (Å²) in [5.74, 6) is -0.814. The number of nitrogens with one attached hydrogen (secondary N) is 1. The molecule has 0 fully saturated rings. The molecule has 0 unspecified atom stereocenters. The Morgan fingerprint density at radius 2 is 1.85 bits per heavy atom. The average Bonchev–Trinajstić information content (AvgIpc) is 2.65. The van der Waals surface area contributed by atoms with E-state index in [9.17, 15) is 25.0 Å². The lowest BCUT2D eigenvalue weighted by atomic mass is 10.1. The molecule has 0 saturated heterocycles. The molecular formula is C15H12N6O6. The SMILES string of the molecule is [N-]=[N+]=Nc1ccc([N+](=O)[O-])c(C(=O)NCc2ccc(CO)c([N+](=O)[O-])c2)c1. The van der Waals surface area contributed by atoms with Crippen LogP contribution in [-0.2, 0) is 13.2 Å². The van der Waals surface area contributed by atoms with Gasteiger partial charge in [0.15, 0.2) is 0 Å². The van der Waals surface area contributed by atoms with Gasteiger partial charge < -0.3 is 10.4 Å². The van der Waals surface area contributed by atoms with E-state index in [1.807, 2.05) is 0 Å². The van der Waals surface area contributed by atoms with Gasteiger partial charge in [-0.3, -0.25) is 25.0 Å². The molecule has 0 aliphatic carbocycles. The maximum Gasteiger partial charge on any atom is 0.282 e. The van der Waals surface area contributed by atoms with E-state index in [1.54, 1.807) is 0 Å². The minimum atomic E-state index is -0.814. The number of aliphatic hydroxyl groups is 1. The summed E-state index contributed by atoms with van der Waals surface area (Å²) >= 11 is 0. The molecule has 2 aromatic carbocycles. The number of nitrogens with zero attached hydrogens (tertiary/aromatic N) is 5. The highest BCUT2D eigenvalue weighted by atomic mass is 16.6. The van der Waals surface area contributed by atoms with Crippen molar-refractivity contribution >= 4 is 23.0 Å². The molecule has 12 nitrogen and oxygen atoms in total. The highest BCUT2D eigenvalue weighted by molar-refractivity contribution is 5.98. The van der Waals surface area contributed by atoms with Crippen molar-refractivity contribution in [2.24, 2.45) is 5.11 Å². The molecule has 0 bridgehead atoms. The lowest BCUT2D eigenvalue weighted by Crippen LogP contribution is -2.23. The van der Waals surface area contributed by atoms with Crippen molar-refractivity contribution in [2.45, 2.75) is 13.2 Å². The van der Waals surface area contributed by atoms with Crippen LogP contribution in [0.3, 0.4) is 0 Å². The predicted octanol–water partition coefficient (Wildman–Crippen LogP) is 2.87. The molecule has 27 heavy (non-hydrogen) atoms. The first-order chi connectivity index (χ1) is 12.9. The summed E-state index contributed by atoms with van der Waals surface area (Å²) in [5.41, 5.74) is 7.85. The zero-order chi connectivity index (χ0) is 20.0. The third-order valence-corrected chi connectivity index (χ3v) is 3.55. The first kappa shape index (κ1) is 19.3. The van der Waals surface area contributed by atoms with E-state index in [0.29, 0.717) is 5.56 Å². The highest BCUT2D eigenvalue weighted by Gasteiger charge is 2.21. The second kappa shape index (κ2) is 8.38. The number of hydrogen-bond acceptors (Lipinski definition) is 7. The fourth-order valence-corrected chi connectivity index (χ4v) is 2.28. The summed E-state index contributed by atoms with van der Waals surface area (Å²) in [7, 11) is 0. The summed E-state index contributed by atoms with van der Waals surface area (Å²) in [5, 5.41) is 36.9. The number of azide groups is 1. The lowest BCUT2D eigenvalue weighted by molar-refractivity contribution is -0.386. The van der Waals surface area contributed by atoms with Crippen LogP contribution in [0.5, 0.6) is 0 Å². The Kier molecular flexibility index (Phi) is 5.99. The molecule has 0 atom stereocenters. The molecule has 0 spiro atoms. The van der Waals surface area contributed by atoms with E-state index in [2.05, 4.69) is 15.3 Å². The molecule has 0 radical (unpaired) electrons. The molecule has 0 aliphatic rings. The van der Waals surface area contributed by atoms with Gasteiger partial charge in [0.25, 0.3) is 17.3 Å².